The molecule has 36 heavy (non-hydrogen) atoms. The van der Waals surface area contributed by atoms with Crippen LogP contribution in [0.1, 0.15) is 79.1 Å². The van der Waals surface area contributed by atoms with Gasteiger partial charge in [0.2, 0.25) is 0 Å². The standard InChI is InChI=1S/C16H36N.C13H11O4S2/c1-5-9-13-17(14-10-6-2,15-11-7-3)16-12-8-4;14-18(15,12-7-3-1-4-8-12)11-19(16,17)13-9-5-2-6-10-13/h5-16H2,1-4H3;1-11H/q+1;-1. The molecule has 0 aliphatic heterocycles. The average molecular weight is 538 g/mol. The first-order valence-corrected chi connectivity index (χ1v) is 16.6. The summed E-state index contributed by atoms with van der Waals surface area (Å²) >= 11 is 0. The summed E-state index contributed by atoms with van der Waals surface area (Å²) in [7, 11) is -7.96. The summed E-state index contributed by atoms with van der Waals surface area (Å²) in [4.78, 5) is -0.0935. The molecule has 2 aromatic carbocycles. The molecule has 0 unspecified atom stereocenters. The van der Waals surface area contributed by atoms with Gasteiger partial charge < -0.3 is 4.48 Å². The Balaban J connectivity index is 0.000000363. The third-order valence-corrected chi connectivity index (χ3v) is 10.2. The lowest BCUT2D eigenvalue weighted by molar-refractivity contribution is -0.929. The Hall–Kier alpha value is -1.70. The predicted octanol–water partition coefficient (Wildman–Crippen LogP) is 7.06. The summed E-state index contributed by atoms with van der Waals surface area (Å²) in [6, 6.07) is 14.9. The Morgan fingerprint density at radius 2 is 0.806 bits per heavy atom. The monoisotopic (exact) mass is 537 g/mol. The molecule has 0 radical (unpaired) electrons. The Bertz CT molecular complexity index is 932. The van der Waals surface area contributed by atoms with E-state index in [0.717, 1.165) is 0 Å². The molecule has 0 atom stereocenters. The molecule has 0 fully saturated rings. The maximum absolute atomic E-state index is 12.0. The lowest BCUT2D eigenvalue weighted by Crippen LogP contribution is -2.50. The van der Waals surface area contributed by atoms with Gasteiger partial charge in [-0.3, -0.25) is 16.8 Å². The molecule has 0 saturated carbocycles. The van der Waals surface area contributed by atoms with Crippen molar-refractivity contribution in [2.75, 3.05) is 26.2 Å². The zero-order valence-electron chi connectivity index (χ0n) is 22.7. The topological polar surface area (TPSA) is 68.3 Å². The van der Waals surface area contributed by atoms with Crippen LogP contribution in [-0.4, -0.2) is 47.5 Å². The first kappa shape index (κ1) is 32.3. The zero-order chi connectivity index (χ0) is 26.9. The van der Waals surface area contributed by atoms with E-state index in [-0.39, 0.29) is 9.79 Å². The Kier molecular flexibility index (Phi) is 15.2. The van der Waals surface area contributed by atoms with Crippen molar-refractivity contribution in [2.24, 2.45) is 0 Å². The molecular formula is C29H47NO4S2. The van der Waals surface area contributed by atoms with E-state index >= 15 is 0 Å². The number of rotatable bonds is 16. The van der Waals surface area contributed by atoms with Gasteiger partial charge >= 0.3 is 0 Å². The van der Waals surface area contributed by atoms with Gasteiger partial charge in [-0.1, -0.05) is 94.9 Å². The van der Waals surface area contributed by atoms with Gasteiger partial charge in [0.1, 0.15) is 0 Å². The molecule has 0 heterocycles. The van der Waals surface area contributed by atoms with E-state index in [4.69, 9.17) is 0 Å². The third kappa shape index (κ3) is 11.6. The highest BCUT2D eigenvalue weighted by molar-refractivity contribution is 8.11. The van der Waals surface area contributed by atoms with Crippen molar-refractivity contribution in [3.05, 3.63) is 65.7 Å². The number of sulfone groups is 2. The predicted molar refractivity (Wildman–Crippen MR) is 151 cm³/mol. The summed E-state index contributed by atoms with van der Waals surface area (Å²) in [6.45, 7) is 15.0. The third-order valence-electron chi connectivity index (χ3n) is 6.34. The highest BCUT2D eigenvalue weighted by Gasteiger charge is 2.24. The van der Waals surface area contributed by atoms with E-state index in [1.165, 1.54) is 131 Å². The summed E-state index contributed by atoms with van der Waals surface area (Å²) < 4.78 is 49.4. The number of unbranched alkanes of at least 4 members (excludes halogenated alkanes) is 4. The fourth-order valence-electron chi connectivity index (χ4n) is 4.14. The van der Waals surface area contributed by atoms with Crippen LogP contribution in [-0.2, 0) is 19.7 Å². The van der Waals surface area contributed by atoms with E-state index in [1.807, 2.05) is 0 Å². The summed E-state index contributed by atoms with van der Waals surface area (Å²) in [6.07, 6.45) is 11.1. The molecule has 0 amide bonds. The number of benzene rings is 2. The normalized spacial score (nSPS) is 12.1. The van der Waals surface area contributed by atoms with Crippen molar-refractivity contribution < 1.29 is 21.3 Å². The van der Waals surface area contributed by atoms with E-state index in [1.54, 1.807) is 12.1 Å². The molecule has 2 rings (SSSR count). The fourth-order valence-corrected chi connectivity index (χ4v) is 7.44. The minimum atomic E-state index is -3.98. The molecule has 7 heteroatoms. The van der Waals surface area contributed by atoms with Gasteiger partial charge in [-0.2, -0.15) is 0 Å². The van der Waals surface area contributed by atoms with Crippen LogP contribution in [0.2, 0.25) is 0 Å². The Labute approximate surface area is 221 Å². The smallest absolute Gasteiger partial charge is 0.0786 e. The zero-order valence-corrected chi connectivity index (χ0v) is 24.4. The SMILES string of the molecule is CCCC[N+](CCCC)(CCCC)CCCC.O=S(=O)([CH-]S(=O)(=O)c1ccccc1)c1ccccc1. The summed E-state index contributed by atoms with van der Waals surface area (Å²) in [5.74, 6) is 0. The molecule has 2 aromatic rings. The lowest BCUT2D eigenvalue weighted by atomic mass is 10.1. The van der Waals surface area contributed by atoms with E-state index < -0.39 is 19.7 Å². The van der Waals surface area contributed by atoms with Crippen LogP contribution in [0.15, 0.2) is 70.5 Å². The molecule has 5 nitrogen and oxygen atoms in total. The van der Waals surface area contributed by atoms with Crippen LogP contribution >= 0.6 is 0 Å². The van der Waals surface area contributed by atoms with Gasteiger partial charge in [-0.05, 0) is 49.9 Å². The molecule has 0 aliphatic rings. The van der Waals surface area contributed by atoms with E-state index in [2.05, 4.69) is 27.7 Å². The second kappa shape index (κ2) is 16.9. The van der Waals surface area contributed by atoms with Crippen molar-refractivity contribution in [1.82, 2.24) is 0 Å². The van der Waals surface area contributed by atoms with Crippen molar-refractivity contribution in [3.63, 3.8) is 0 Å². The second-order valence-electron chi connectivity index (χ2n) is 9.46. The van der Waals surface area contributed by atoms with Gasteiger partial charge in [0.05, 0.1) is 45.9 Å². The Morgan fingerprint density at radius 3 is 1.06 bits per heavy atom. The number of hydrogen-bond donors (Lipinski definition) is 0. The summed E-state index contributed by atoms with van der Waals surface area (Å²) in [5.41, 5.74) is 0. The maximum Gasteiger partial charge on any atom is 0.0786 e. The summed E-state index contributed by atoms with van der Waals surface area (Å²) in [5, 5.41) is 0.394. The van der Waals surface area contributed by atoms with Gasteiger partial charge in [0.25, 0.3) is 0 Å². The molecule has 0 N–H and O–H groups in total. The minimum Gasteiger partial charge on any atom is -0.324 e. The van der Waals surface area contributed by atoms with Crippen LogP contribution in [0.25, 0.3) is 0 Å². The van der Waals surface area contributed by atoms with Crippen LogP contribution < -0.4 is 0 Å². The van der Waals surface area contributed by atoms with Crippen LogP contribution in [0.5, 0.6) is 0 Å². The van der Waals surface area contributed by atoms with E-state index in [9.17, 15) is 16.8 Å². The van der Waals surface area contributed by atoms with Gasteiger partial charge in [-0.15, -0.1) is 0 Å². The van der Waals surface area contributed by atoms with Gasteiger partial charge in [-0.25, -0.2) is 0 Å². The fraction of sp³-hybridized carbons (Fsp3) is 0.552. The van der Waals surface area contributed by atoms with Crippen LogP contribution in [0.4, 0.5) is 0 Å². The van der Waals surface area contributed by atoms with Crippen LogP contribution in [0.3, 0.4) is 0 Å². The maximum atomic E-state index is 12.0. The molecule has 204 valence electrons. The molecule has 0 bridgehead atoms. The Morgan fingerprint density at radius 1 is 0.528 bits per heavy atom. The number of hydrogen-bond acceptors (Lipinski definition) is 4. The van der Waals surface area contributed by atoms with Crippen molar-refractivity contribution in [3.8, 4) is 0 Å². The number of quaternary nitrogens is 1. The second-order valence-corrected chi connectivity index (χ2v) is 13.4. The average Bonchev–Trinajstić information content (AvgIpc) is 2.89. The van der Waals surface area contributed by atoms with Gasteiger partial charge in [0, 0.05) is 9.79 Å². The van der Waals surface area contributed by atoms with Crippen molar-refractivity contribution in [2.45, 2.75) is 88.9 Å². The molecular weight excluding hydrogens is 490 g/mol. The van der Waals surface area contributed by atoms with Crippen LogP contribution in [0, 0.1) is 5.08 Å². The molecule has 0 saturated heterocycles. The van der Waals surface area contributed by atoms with Gasteiger partial charge in [0.15, 0.2) is 0 Å². The van der Waals surface area contributed by atoms with E-state index in [0.29, 0.717) is 5.08 Å². The minimum absolute atomic E-state index is 0.0468. The largest absolute Gasteiger partial charge is 0.324 e. The first-order valence-electron chi connectivity index (χ1n) is 13.5. The molecule has 0 aromatic heterocycles. The highest BCUT2D eigenvalue weighted by atomic mass is 32.3. The van der Waals surface area contributed by atoms with Crippen molar-refractivity contribution in [1.29, 1.82) is 0 Å². The first-order chi connectivity index (χ1) is 17.2. The highest BCUT2D eigenvalue weighted by Crippen LogP contribution is 2.21. The number of nitrogens with zero attached hydrogens (tertiary/aromatic N) is 1. The lowest BCUT2D eigenvalue weighted by Gasteiger charge is -2.39. The quantitative estimate of drug-likeness (QED) is 0.170. The molecule has 0 spiro atoms. The van der Waals surface area contributed by atoms with Crippen molar-refractivity contribution >= 4 is 19.7 Å². The molecule has 0 aliphatic carbocycles.